The van der Waals surface area contributed by atoms with Crippen molar-refractivity contribution in [2.75, 3.05) is 0 Å². The van der Waals surface area contributed by atoms with Gasteiger partial charge in [-0.25, -0.2) is 4.79 Å². The minimum atomic E-state index is -1.15. The van der Waals surface area contributed by atoms with Crippen LogP contribution in [0.15, 0.2) is 34.2 Å². The molecule has 2 unspecified atom stereocenters. The fourth-order valence-electron chi connectivity index (χ4n) is 3.65. The molecule has 2 heterocycles. The van der Waals surface area contributed by atoms with E-state index in [-0.39, 0.29) is 28.0 Å². The van der Waals surface area contributed by atoms with Crippen LogP contribution in [0.5, 0.6) is 0 Å². The highest BCUT2D eigenvalue weighted by Gasteiger charge is 2.58. The van der Waals surface area contributed by atoms with Gasteiger partial charge in [-0.05, 0) is 12.0 Å². The lowest BCUT2D eigenvalue weighted by atomic mass is 9.90. The van der Waals surface area contributed by atoms with Gasteiger partial charge in [0.25, 0.3) is 0 Å². The van der Waals surface area contributed by atoms with E-state index in [2.05, 4.69) is 0 Å². The minimum Gasteiger partial charge on any atom is -0.477 e. The van der Waals surface area contributed by atoms with Crippen molar-refractivity contribution in [2.24, 2.45) is 5.92 Å². The number of carboxylic acids is 1. The molecule has 3 aliphatic rings. The first-order chi connectivity index (χ1) is 12.4. The van der Waals surface area contributed by atoms with Crippen molar-refractivity contribution < 1.29 is 24.6 Å². The molecular formula is C18H17NO5S2. The predicted molar refractivity (Wildman–Crippen MR) is 98.4 cm³/mol. The zero-order valence-corrected chi connectivity index (χ0v) is 15.5. The molecule has 8 heteroatoms. The van der Waals surface area contributed by atoms with Crippen molar-refractivity contribution in [2.45, 2.75) is 36.5 Å². The highest BCUT2D eigenvalue weighted by atomic mass is 32.2. The first kappa shape index (κ1) is 17.6. The normalized spacial score (nSPS) is 28.1. The van der Waals surface area contributed by atoms with Crippen molar-refractivity contribution in [3.05, 3.63) is 45.3 Å². The Morgan fingerprint density at radius 1 is 1.38 bits per heavy atom. The van der Waals surface area contributed by atoms with Crippen LogP contribution in [0.25, 0.3) is 0 Å². The van der Waals surface area contributed by atoms with E-state index < -0.39 is 18.0 Å². The number of nitrogens with zero attached hydrogens (tertiary/aromatic N) is 1. The van der Waals surface area contributed by atoms with Crippen LogP contribution in [0.1, 0.15) is 40.9 Å². The molecule has 0 radical (unpaired) electrons. The quantitative estimate of drug-likeness (QED) is 0.745. The fourth-order valence-corrected chi connectivity index (χ4v) is 6.92. The van der Waals surface area contributed by atoms with Crippen LogP contribution in [0.2, 0.25) is 0 Å². The summed E-state index contributed by atoms with van der Waals surface area (Å²) in [4.78, 5) is 37.6. The molecule has 6 nitrogen and oxygen atoms in total. The van der Waals surface area contributed by atoms with E-state index in [1.807, 2.05) is 18.2 Å². The Kier molecular flexibility index (Phi) is 4.37. The maximum atomic E-state index is 12.4. The second-order valence-electron chi connectivity index (χ2n) is 6.48. The first-order valence-corrected chi connectivity index (χ1v) is 10.1. The van der Waals surface area contributed by atoms with E-state index >= 15 is 0 Å². The van der Waals surface area contributed by atoms with Crippen LogP contribution in [-0.2, 0) is 9.59 Å². The standard InChI is InChI=1S/C18H17NO5S2/c1-2-10(20)13-15(22)19-14(17(23)24)18(26-16(13)19)25-12-7-11(21)8-5-3-4-6-9(8)12/h3-6,10,12-13,16,20H,2,7H2,1H3,(H,23,24)/t10-,12?,13+,16?/m0/s1. The van der Waals surface area contributed by atoms with Crippen LogP contribution in [0.3, 0.4) is 0 Å². The zero-order chi connectivity index (χ0) is 18.6. The maximum absolute atomic E-state index is 12.4. The molecule has 0 spiro atoms. The summed E-state index contributed by atoms with van der Waals surface area (Å²) in [7, 11) is 0. The van der Waals surface area contributed by atoms with Gasteiger partial charge in [0.05, 0.1) is 16.3 Å². The Bertz CT molecular complexity index is 852. The van der Waals surface area contributed by atoms with Gasteiger partial charge in [0.1, 0.15) is 5.37 Å². The lowest BCUT2D eigenvalue weighted by Crippen LogP contribution is -2.61. The summed E-state index contributed by atoms with van der Waals surface area (Å²) < 4.78 is 0.538. The smallest absolute Gasteiger partial charge is 0.354 e. The third-order valence-electron chi connectivity index (χ3n) is 5.01. The largest absolute Gasteiger partial charge is 0.477 e. The molecule has 2 aliphatic heterocycles. The van der Waals surface area contributed by atoms with Crippen LogP contribution in [0.4, 0.5) is 0 Å². The number of fused-ring (bicyclic) bond motifs is 2. The monoisotopic (exact) mass is 391 g/mol. The molecule has 4 rings (SSSR count). The van der Waals surface area contributed by atoms with Crippen molar-refractivity contribution >= 4 is 41.2 Å². The number of aliphatic hydroxyl groups excluding tert-OH is 1. The number of amides is 1. The molecule has 1 fully saturated rings. The molecule has 1 amide bonds. The summed E-state index contributed by atoms with van der Waals surface area (Å²) in [5.74, 6) is -2.02. The van der Waals surface area contributed by atoms with Gasteiger partial charge in [-0.3, -0.25) is 14.5 Å². The molecular weight excluding hydrogens is 374 g/mol. The summed E-state index contributed by atoms with van der Waals surface area (Å²) in [6.45, 7) is 1.79. The number of carboxylic acid groups (broad SMARTS) is 1. The molecule has 1 aromatic carbocycles. The second-order valence-corrected chi connectivity index (χ2v) is 9.08. The Labute approximate surface area is 158 Å². The second kappa shape index (κ2) is 6.44. The van der Waals surface area contributed by atoms with Crippen molar-refractivity contribution in [3.63, 3.8) is 0 Å². The van der Waals surface area contributed by atoms with E-state index in [9.17, 15) is 24.6 Å². The first-order valence-electron chi connectivity index (χ1n) is 8.38. The third-order valence-corrected chi connectivity index (χ3v) is 7.85. The Balaban J connectivity index is 1.62. The fraction of sp³-hybridized carbons (Fsp3) is 0.389. The molecule has 1 saturated heterocycles. The van der Waals surface area contributed by atoms with Crippen LogP contribution < -0.4 is 0 Å². The van der Waals surface area contributed by atoms with Gasteiger partial charge >= 0.3 is 5.97 Å². The number of Topliss-reactive ketones (excluding diaryl/α,β-unsaturated/α-hetero) is 1. The number of carbonyl (C=O) groups excluding carboxylic acids is 2. The number of β-lactam (4-membered cyclic amide) rings is 1. The van der Waals surface area contributed by atoms with E-state index in [0.29, 0.717) is 22.6 Å². The number of benzene rings is 1. The lowest BCUT2D eigenvalue weighted by molar-refractivity contribution is -0.157. The number of ketones is 1. The maximum Gasteiger partial charge on any atom is 0.354 e. The van der Waals surface area contributed by atoms with Gasteiger partial charge in [0.15, 0.2) is 11.5 Å². The molecule has 1 aromatic rings. The van der Waals surface area contributed by atoms with E-state index in [0.717, 1.165) is 5.56 Å². The Morgan fingerprint density at radius 3 is 2.81 bits per heavy atom. The van der Waals surface area contributed by atoms with Gasteiger partial charge in [-0.15, -0.1) is 11.8 Å². The van der Waals surface area contributed by atoms with Crippen molar-refractivity contribution in [1.82, 2.24) is 4.90 Å². The summed E-state index contributed by atoms with van der Waals surface area (Å²) in [5.41, 5.74) is 1.57. The number of aliphatic hydroxyl groups is 1. The van der Waals surface area contributed by atoms with Crippen molar-refractivity contribution in [1.29, 1.82) is 0 Å². The summed E-state index contributed by atoms with van der Waals surface area (Å²) in [6.07, 6.45) is -0.0125. The SMILES string of the molecule is CC[C@H](O)[C@@H]1C(=O)N2C(C(=O)O)=C(SC3CC(=O)c4ccccc43)SC12. The van der Waals surface area contributed by atoms with Crippen LogP contribution in [0, 0.1) is 5.92 Å². The van der Waals surface area contributed by atoms with Crippen LogP contribution in [-0.4, -0.2) is 44.3 Å². The average Bonchev–Trinajstić information content (AvgIpc) is 3.11. The number of rotatable bonds is 5. The molecule has 1 aliphatic carbocycles. The number of thioether (sulfide) groups is 2. The third kappa shape index (κ3) is 2.51. The summed E-state index contributed by atoms with van der Waals surface area (Å²) in [6, 6.07) is 7.36. The van der Waals surface area contributed by atoms with Gasteiger partial charge < -0.3 is 10.2 Å². The summed E-state index contributed by atoms with van der Waals surface area (Å²) in [5, 5.41) is 19.2. The number of hydrogen-bond donors (Lipinski definition) is 2. The van der Waals surface area contributed by atoms with E-state index in [4.69, 9.17) is 0 Å². The van der Waals surface area contributed by atoms with E-state index in [1.54, 1.807) is 13.0 Å². The number of carbonyl (C=O) groups is 3. The van der Waals surface area contributed by atoms with Gasteiger partial charge in [-0.1, -0.05) is 43.0 Å². The molecule has 26 heavy (non-hydrogen) atoms. The highest BCUT2D eigenvalue weighted by molar-refractivity contribution is 8.23. The molecule has 0 bridgehead atoms. The zero-order valence-electron chi connectivity index (χ0n) is 13.9. The van der Waals surface area contributed by atoms with Crippen molar-refractivity contribution in [3.8, 4) is 0 Å². The Hall–Kier alpha value is -1.77. The lowest BCUT2D eigenvalue weighted by Gasteiger charge is -2.44. The molecule has 0 aromatic heterocycles. The molecule has 0 saturated carbocycles. The summed E-state index contributed by atoms with van der Waals surface area (Å²) >= 11 is 2.64. The van der Waals surface area contributed by atoms with E-state index in [1.165, 1.54) is 28.4 Å². The number of hydrogen-bond acceptors (Lipinski definition) is 6. The molecule has 4 atom stereocenters. The minimum absolute atomic E-state index is 0.0219. The molecule has 2 N–H and O–H groups in total. The van der Waals surface area contributed by atoms with Gasteiger partial charge in [-0.2, -0.15) is 0 Å². The average molecular weight is 391 g/mol. The van der Waals surface area contributed by atoms with Gasteiger partial charge in [0, 0.05) is 17.2 Å². The number of aliphatic carboxylic acids is 1. The Morgan fingerprint density at radius 2 is 2.12 bits per heavy atom. The van der Waals surface area contributed by atoms with Crippen LogP contribution >= 0.6 is 23.5 Å². The predicted octanol–water partition coefficient (Wildman–Crippen LogP) is 2.60. The molecule has 136 valence electrons. The highest BCUT2D eigenvalue weighted by Crippen LogP contribution is 2.58. The topological polar surface area (TPSA) is 94.9 Å². The van der Waals surface area contributed by atoms with Gasteiger partial charge in [0.2, 0.25) is 5.91 Å².